The van der Waals surface area contributed by atoms with Crippen LogP contribution in [0.4, 0.5) is 5.82 Å². The first-order valence-electron chi connectivity index (χ1n) is 10.0. The highest BCUT2D eigenvalue weighted by Gasteiger charge is 2.45. The molecule has 1 saturated heterocycles. The number of rotatable bonds is 5. The van der Waals surface area contributed by atoms with E-state index in [0.29, 0.717) is 16.8 Å². The normalized spacial score (nSPS) is 20.1. The number of nitrogens with two attached hydrogens (primary N) is 1. The number of likely N-dealkylation sites (N-methyl/N-ethyl adjacent to an activating group) is 1. The number of H-pyrrole nitrogens is 1. The van der Waals surface area contributed by atoms with Gasteiger partial charge in [-0.1, -0.05) is 0 Å². The number of likely N-dealkylation sites (tertiary alicyclic amines) is 1. The topological polar surface area (TPSA) is 107 Å². The van der Waals surface area contributed by atoms with E-state index in [-0.39, 0.29) is 23.0 Å². The Bertz CT molecular complexity index is 1150. The summed E-state index contributed by atoms with van der Waals surface area (Å²) < 4.78 is 9.55. The summed E-state index contributed by atoms with van der Waals surface area (Å²) in [4.78, 5) is 15.3. The van der Waals surface area contributed by atoms with E-state index in [4.69, 9.17) is 15.6 Å². The van der Waals surface area contributed by atoms with Gasteiger partial charge in [-0.15, -0.1) is 0 Å². The Balaban J connectivity index is 1.69. The quantitative estimate of drug-likeness (QED) is 0.675. The molecule has 2 aliphatic rings. The van der Waals surface area contributed by atoms with Gasteiger partial charge in [0.1, 0.15) is 11.0 Å². The van der Waals surface area contributed by atoms with Crippen LogP contribution in [0.25, 0.3) is 22.2 Å². The number of aryl methyl sites for hydroxylation is 1. The van der Waals surface area contributed by atoms with Gasteiger partial charge in [0.25, 0.3) is 5.56 Å². The second-order valence-corrected chi connectivity index (χ2v) is 8.60. The zero-order valence-electron chi connectivity index (χ0n) is 17.3. The Kier molecular flexibility index (Phi) is 3.91. The molecule has 1 atom stereocenters. The predicted octanol–water partition coefficient (Wildman–Crippen LogP) is 1.47. The molecule has 1 unspecified atom stereocenters. The van der Waals surface area contributed by atoms with Crippen molar-refractivity contribution in [3.05, 3.63) is 28.3 Å². The molecule has 0 radical (unpaired) electrons. The summed E-state index contributed by atoms with van der Waals surface area (Å²) >= 11 is 0. The number of methoxy groups -OCH3 is 1. The number of ether oxygens (including phenoxy) is 1. The molecule has 0 bridgehead atoms. The highest BCUT2D eigenvalue weighted by molar-refractivity contribution is 5.97. The van der Waals surface area contributed by atoms with Crippen LogP contribution in [0.5, 0.6) is 0 Å². The number of nitrogens with one attached hydrogen (secondary N) is 1. The molecular weight excluding hydrogens is 370 g/mol. The summed E-state index contributed by atoms with van der Waals surface area (Å²) in [6, 6.07) is 2.17. The molecule has 0 amide bonds. The number of aromatic amines is 1. The summed E-state index contributed by atoms with van der Waals surface area (Å²) in [6.45, 7) is 3.72. The van der Waals surface area contributed by atoms with Crippen molar-refractivity contribution in [1.29, 1.82) is 0 Å². The third-order valence-corrected chi connectivity index (χ3v) is 6.59. The summed E-state index contributed by atoms with van der Waals surface area (Å²) in [5.74, 6) is 0.765. The van der Waals surface area contributed by atoms with Crippen LogP contribution in [0, 0.1) is 5.92 Å². The van der Waals surface area contributed by atoms with Crippen LogP contribution in [0.2, 0.25) is 0 Å². The van der Waals surface area contributed by atoms with Crippen molar-refractivity contribution in [2.24, 2.45) is 13.0 Å². The average Bonchev–Trinajstić information content (AvgIpc) is 3.35. The van der Waals surface area contributed by atoms with Crippen LogP contribution < -0.4 is 11.3 Å². The molecule has 29 heavy (non-hydrogen) atoms. The lowest BCUT2D eigenvalue weighted by Crippen LogP contribution is -2.59. The first kappa shape index (κ1) is 18.4. The lowest BCUT2D eigenvalue weighted by molar-refractivity contribution is -0.125. The smallest absolute Gasteiger partial charge is 0.264 e. The van der Waals surface area contributed by atoms with Crippen LogP contribution in [0.3, 0.4) is 0 Å². The summed E-state index contributed by atoms with van der Waals surface area (Å²) in [5.41, 5.74) is 8.84. The number of hydrogen-bond donors (Lipinski definition) is 2. The molecule has 3 aromatic rings. The van der Waals surface area contributed by atoms with E-state index >= 15 is 0 Å². The number of pyridine rings is 1. The molecule has 0 aromatic carbocycles. The van der Waals surface area contributed by atoms with E-state index in [1.54, 1.807) is 11.7 Å². The van der Waals surface area contributed by atoms with Crippen molar-refractivity contribution in [1.82, 2.24) is 29.4 Å². The molecule has 2 fully saturated rings. The zero-order valence-corrected chi connectivity index (χ0v) is 17.3. The zero-order chi connectivity index (χ0) is 20.5. The van der Waals surface area contributed by atoms with E-state index in [0.717, 1.165) is 42.9 Å². The largest absolute Gasteiger partial charge is 0.382 e. The molecule has 154 valence electrons. The highest BCUT2D eigenvalue weighted by Crippen LogP contribution is 2.40. The first-order valence-corrected chi connectivity index (χ1v) is 10.0. The fourth-order valence-electron chi connectivity index (χ4n) is 4.71. The van der Waals surface area contributed by atoms with E-state index in [2.05, 4.69) is 35.1 Å². The third kappa shape index (κ3) is 2.64. The standard InChI is InChI=1S/C20H27N7O2/c1-11(12-5-6-12)27-8-13(17-16(19(27)28)18(21)23-22-17)14-7-15(26(3)24-14)20(29-4)9-25(2)10-20/h7-8,11-12H,5-6,9-10H2,1-4H3,(H3,21,22,23). The van der Waals surface area contributed by atoms with E-state index in [1.807, 2.05) is 17.9 Å². The van der Waals surface area contributed by atoms with Gasteiger partial charge in [-0.25, -0.2) is 0 Å². The van der Waals surface area contributed by atoms with Crippen molar-refractivity contribution >= 4 is 16.7 Å². The van der Waals surface area contributed by atoms with Crippen LogP contribution in [-0.2, 0) is 17.4 Å². The second-order valence-electron chi connectivity index (χ2n) is 8.60. The minimum Gasteiger partial charge on any atom is -0.382 e. The molecule has 9 heteroatoms. The van der Waals surface area contributed by atoms with E-state index in [9.17, 15) is 4.79 Å². The Morgan fingerprint density at radius 3 is 2.69 bits per heavy atom. The fraction of sp³-hybridized carbons (Fsp3) is 0.550. The van der Waals surface area contributed by atoms with Crippen LogP contribution >= 0.6 is 0 Å². The minimum atomic E-state index is -0.364. The lowest BCUT2D eigenvalue weighted by Gasteiger charge is -2.47. The molecule has 3 aromatic heterocycles. The first-order chi connectivity index (χ1) is 13.8. The van der Waals surface area contributed by atoms with Crippen molar-refractivity contribution in [3.8, 4) is 11.3 Å². The molecule has 5 rings (SSSR count). The van der Waals surface area contributed by atoms with Crippen molar-refractivity contribution in [2.75, 3.05) is 33.0 Å². The molecule has 3 N–H and O–H groups in total. The van der Waals surface area contributed by atoms with Crippen LogP contribution in [0.1, 0.15) is 31.5 Å². The highest BCUT2D eigenvalue weighted by atomic mass is 16.5. The molecule has 1 saturated carbocycles. The molecule has 9 nitrogen and oxygen atoms in total. The predicted molar refractivity (Wildman–Crippen MR) is 111 cm³/mol. The number of fused-ring (bicyclic) bond motifs is 1. The fourth-order valence-corrected chi connectivity index (χ4v) is 4.71. The molecule has 4 heterocycles. The van der Waals surface area contributed by atoms with Gasteiger partial charge in [-0.2, -0.15) is 10.2 Å². The maximum atomic E-state index is 13.1. The second kappa shape index (κ2) is 6.17. The monoisotopic (exact) mass is 397 g/mol. The molecule has 0 spiro atoms. The summed E-state index contributed by atoms with van der Waals surface area (Å²) in [5, 5.41) is 12.3. The number of aromatic nitrogens is 5. The van der Waals surface area contributed by atoms with Gasteiger partial charge in [0.05, 0.1) is 16.9 Å². The lowest BCUT2D eigenvalue weighted by atomic mass is 9.90. The summed E-state index contributed by atoms with van der Waals surface area (Å²) in [6.07, 6.45) is 4.21. The third-order valence-electron chi connectivity index (χ3n) is 6.59. The van der Waals surface area contributed by atoms with E-state index in [1.165, 1.54) is 0 Å². The van der Waals surface area contributed by atoms with Gasteiger partial charge in [0.2, 0.25) is 0 Å². The minimum absolute atomic E-state index is 0.0977. The number of anilines is 1. The van der Waals surface area contributed by atoms with Crippen LogP contribution in [0.15, 0.2) is 17.1 Å². The van der Waals surface area contributed by atoms with Gasteiger partial charge in [-0.05, 0) is 38.8 Å². The maximum absolute atomic E-state index is 13.1. The summed E-state index contributed by atoms with van der Waals surface area (Å²) in [7, 11) is 5.74. The Morgan fingerprint density at radius 1 is 1.34 bits per heavy atom. The Labute approximate surface area is 168 Å². The number of nitrogen functional groups attached to an aromatic ring is 1. The average molecular weight is 397 g/mol. The van der Waals surface area contributed by atoms with Gasteiger partial charge < -0.3 is 15.0 Å². The SMILES string of the molecule is COC1(c2cc(-c3cn(C(C)C4CC4)c(=O)c4c(N)n[nH]c34)nn2C)CN(C)C1. The van der Waals surface area contributed by atoms with Crippen molar-refractivity contribution in [3.63, 3.8) is 0 Å². The molecule has 1 aliphatic heterocycles. The van der Waals surface area contributed by atoms with Crippen molar-refractivity contribution in [2.45, 2.75) is 31.4 Å². The Morgan fingerprint density at radius 2 is 2.07 bits per heavy atom. The van der Waals surface area contributed by atoms with E-state index < -0.39 is 0 Å². The number of nitrogens with zero attached hydrogens (tertiary/aromatic N) is 5. The van der Waals surface area contributed by atoms with Gasteiger partial charge >= 0.3 is 0 Å². The number of hydrogen-bond acceptors (Lipinski definition) is 6. The molecular formula is C20H27N7O2. The van der Waals surface area contributed by atoms with Crippen molar-refractivity contribution < 1.29 is 4.74 Å². The Hall–Kier alpha value is -2.65. The molecule has 1 aliphatic carbocycles. The van der Waals surface area contributed by atoms with Gasteiger partial charge in [0.15, 0.2) is 5.82 Å². The van der Waals surface area contributed by atoms with Crippen LogP contribution in [-0.4, -0.2) is 56.7 Å². The maximum Gasteiger partial charge on any atom is 0.264 e. The van der Waals surface area contributed by atoms with Gasteiger partial charge in [-0.3, -0.25) is 19.5 Å². The van der Waals surface area contributed by atoms with Gasteiger partial charge in [0, 0.05) is 45.0 Å².